The lowest BCUT2D eigenvalue weighted by molar-refractivity contribution is -0.127. The van der Waals surface area contributed by atoms with E-state index in [1.54, 1.807) is 0 Å². The Kier molecular flexibility index (Phi) is 5.35. The summed E-state index contributed by atoms with van der Waals surface area (Å²) in [5, 5.41) is 0. The third kappa shape index (κ3) is 3.62. The van der Waals surface area contributed by atoms with Crippen LogP contribution in [0.5, 0.6) is 0 Å². The van der Waals surface area contributed by atoms with E-state index >= 15 is 0 Å². The molecule has 1 unspecified atom stereocenters. The smallest absolute Gasteiger partial charge is 0.138 e. The maximum atomic E-state index is 12.1. The first-order valence-electron chi connectivity index (χ1n) is 6.72. The quantitative estimate of drug-likeness (QED) is 0.664. The van der Waals surface area contributed by atoms with Crippen molar-refractivity contribution in [2.45, 2.75) is 65.7 Å². The highest BCUT2D eigenvalue weighted by molar-refractivity contribution is 5.83. The van der Waals surface area contributed by atoms with Crippen molar-refractivity contribution < 1.29 is 4.79 Å². The van der Waals surface area contributed by atoms with E-state index in [-0.39, 0.29) is 0 Å². The second-order valence-electron chi connectivity index (χ2n) is 5.22. The highest BCUT2D eigenvalue weighted by atomic mass is 16.1. The first-order chi connectivity index (χ1) is 7.19. The SMILES string of the molecule is CCCC(C)C(=O)C1CCC(CC)CC1. The van der Waals surface area contributed by atoms with E-state index in [1.165, 1.54) is 19.3 Å². The van der Waals surface area contributed by atoms with Gasteiger partial charge in [-0.15, -0.1) is 0 Å². The molecule has 15 heavy (non-hydrogen) atoms. The van der Waals surface area contributed by atoms with Crippen molar-refractivity contribution in [2.24, 2.45) is 17.8 Å². The number of hydrogen-bond donors (Lipinski definition) is 0. The normalized spacial score (nSPS) is 28.7. The van der Waals surface area contributed by atoms with Gasteiger partial charge in [0.1, 0.15) is 5.78 Å². The van der Waals surface area contributed by atoms with Crippen LogP contribution in [0.1, 0.15) is 65.7 Å². The second kappa shape index (κ2) is 6.30. The van der Waals surface area contributed by atoms with Crippen molar-refractivity contribution in [1.29, 1.82) is 0 Å². The topological polar surface area (TPSA) is 17.1 Å². The Morgan fingerprint density at radius 3 is 2.27 bits per heavy atom. The monoisotopic (exact) mass is 210 g/mol. The largest absolute Gasteiger partial charge is 0.299 e. The Bertz CT molecular complexity index is 190. The van der Waals surface area contributed by atoms with Crippen molar-refractivity contribution in [3.63, 3.8) is 0 Å². The first-order valence-corrected chi connectivity index (χ1v) is 6.72. The van der Waals surface area contributed by atoms with Crippen molar-refractivity contribution in [3.05, 3.63) is 0 Å². The average molecular weight is 210 g/mol. The lowest BCUT2D eigenvalue weighted by Gasteiger charge is -2.28. The predicted molar refractivity (Wildman–Crippen MR) is 64.8 cm³/mol. The number of rotatable bonds is 5. The van der Waals surface area contributed by atoms with Gasteiger partial charge in [-0.3, -0.25) is 4.79 Å². The molecule has 1 rings (SSSR count). The van der Waals surface area contributed by atoms with Gasteiger partial charge in [0.15, 0.2) is 0 Å². The fourth-order valence-electron chi connectivity index (χ4n) is 2.83. The van der Waals surface area contributed by atoms with E-state index in [4.69, 9.17) is 0 Å². The Balaban J connectivity index is 2.35. The van der Waals surface area contributed by atoms with Crippen molar-refractivity contribution in [3.8, 4) is 0 Å². The summed E-state index contributed by atoms with van der Waals surface area (Å²) in [7, 11) is 0. The standard InChI is InChI=1S/C14H26O/c1-4-6-11(3)14(15)13-9-7-12(5-2)8-10-13/h11-13H,4-10H2,1-3H3. The summed E-state index contributed by atoms with van der Waals surface area (Å²) < 4.78 is 0. The van der Waals surface area contributed by atoms with Gasteiger partial charge < -0.3 is 0 Å². The van der Waals surface area contributed by atoms with Gasteiger partial charge in [-0.1, -0.05) is 33.6 Å². The molecule has 0 spiro atoms. The van der Waals surface area contributed by atoms with Gasteiger partial charge in [-0.2, -0.15) is 0 Å². The summed E-state index contributed by atoms with van der Waals surface area (Å²) in [5.41, 5.74) is 0. The Morgan fingerprint density at radius 2 is 1.80 bits per heavy atom. The van der Waals surface area contributed by atoms with Crippen molar-refractivity contribution in [2.75, 3.05) is 0 Å². The van der Waals surface area contributed by atoms with Gasteiger partial charge >= 0.3 is 0 Å². The number of Topliss-reactive ketones (excluding diaryl/α,β-unsaturated/α-hetero) is 1. The number of carbonyl (C=O) groups excluding carboxylic acids is 1. The molecule has 1 saturated carbocycles. The minimum Gasteiger partial charge on any atom is -0.299 e. The Morgan fingerprint density at radius 1 is 1.20 bits per heavy atom. The molecular formula is C14H26O. The van der Waals surface area contributed by atoms with Crippen LogP contribution < -0.4 is 0 Å². The maximum absolute atomic E-state index is 12.1. The van der Waals surface area contributed by atoms with Crippen LogP contribution in [0.15, 0.2) is 0 Å². The maximum Gasteiger partial charge on any atom is 0.138 e. The average Bonchev–Trinajstić information content (AvgIpc) is 2.28. The molecular weight excluding hydrogens is 184 g/mol. The van der Waals surface area contributed by atoms with E-state index in [0.29, 0.717) is 17.6 Å². The Labute approximate surface area is 94.6 Å². The number of hydrogen-bond acceptors (Lipinski definition) is 1. The van der Waals surface area contributed by atoms with Crippen LogP contribution in [0.3, 0.4) is 0 Å². The molecule has 0 aromatic rings. The summed E-state index contributed by atoms with van der Waals surface area (Å²) in [6, 6.07) is 0. The molecule has 1 atom stereocenters. The zero-order chi connectivity index (χ0) is 11.3. The van der Waals surface area contributed by atoms with Gasteiger partial charge in [0.25, 0.3) is 0 Å². The summed E-state index contributed by atoms with van der Waals surface area (Å²) in [6.45, 7) is 6.54. The molecule has 0 saturated heterocycles. The van der Waals surface area contributed by atoms with Crippen LogP contribution >= 0.6 is 0 Å². The Hall–Kier alpha value is -0.330. The lowest BCUT2D eigenvalue weighted by atomic mass is 9.76. The minimum atomic E-state index is 0.304. The zero-order valence-corrected chi connectivity index (χ0v) is 10.6. The number of carbonyl (C=O) groups is 1. The van der Waals surface area contributed by atoms with Crippen LogP contribution in [0.4, 0.5) is 0 Å². The molecule has 0 heterocycles. The van der Waals surface area contributed by atoms with Gasteiger partial charge in [0.2, 0.25) is 0 Å². The third-order valence-electron chi connectivity index (χ3n) is 4.03. The molecule has 0 bridgehead atoms. The van der Waals surface area contributed by atoms with Crippen molar-refractivity contribution >= 4 is 5.78 Å². The van der Waals surface area contributed by atoms with E-state index in [1.807, 2.05) is 0 Å². The summed E-state index contributed by atoms with van der Waals surface area (Å²) in [5.74, 6) is 2.15. The van der Waals surface area contributed by atoms with Crippen LogP contribution in [-0.4, -0.2) is 5.78 Å². The van der Waals surface area contributed by atoms with Gasteiger partial charge in [-0.25, -0.2) is 0 Å². The van der Waals surface area contributed by atoms with E-state index in [0.717, 1.165) is 31.6 Å². The molecule has 0 aromatic heterocycles. The summed E-state index contributed by atoms with van der Waals surface area (Å²) >= 11 is 0. The lowest BCUT2D eigenvalue weighted by Crippen LogP contribution is -2.26. The molecule has 1 fully saturated rings. The summed E-state index contributed by atoms with van der Waals surface area (Å²) in [4.78, 5) is 12.1. The number of ketones is 1. The molecule has 88 valence electrons. The fraction of sp³-hybridized carbons (Fsp3) is 0.929. The fourth-order valence-corrected chi connectivity index (χ4v) is 2.83. The van der Waals surface area contributed by atoms with Gasteiger partial charge in [-0.05, 0) is 38.0 Å². The summed E-state index contributed by atoms with van der Waals surface area (Å²) in [6.07, 6.45) is 8.39. The van der Waals surface area contributed by atoms with E-state index in [2.05, 4.69) is 20.8 Å². The molecule has 1 aliphatic rings. The van der Waals surface area contributed by atoms with E-state index in [9.17, 15) is 4.79 Å². The third-order valence-corrected chi connectivity index (χ3v) is 4.03. The highest BCUT2D eigenvalue weighted by Gasteiger charge is 2.27. The van der Waals surface area contributed by atoms with Crippen LogP contribution in [0.25, 0.3) is 0 Å². The van der Waals surface area contributed by atoms with Crippen LogP contribution in [0.2, 0.25) is 0 Å². The predicted octanol–water partition coefficient (Wildman–Crippen LogP) is 4.21. The molecule has 0 N–H and O–H groups in total. The molecule has 0 radical (unpaired) electrons. The van der Waals surface area contributed by atoms with Gasteiger partial charge in [0, 0.05) is 11.8 Å². The molecule has 1 nitrogen and oxygen atoms in total. The zero-order valence-electron chi connectivity index (χ0n) is 10.6. The van der Waals surface area contributed by atoms with Crippen molar-refractivity contribution in [1.82, 2.24) is 0 Å². The molecule has 1 aliphatic carbocycles. The minimum absolute atomic E-state index is 0.304. The van der Waals surface area contributed by atoms with Crippen LogP contribution in [-0.2, 0) is 4.79 Å². The van der Waals surface area contributed by atoms with E-state index < -0.39 is 0 Å². The van der Waals surface area contributed by atoms with Gasteiger partial charge in [0.05, 0.1) is 0 Å². The second-order valence-corrected chi connectivity index (χ2v) is 5.22. The highest BCUT2D eigenvalue weighted by Crippen LogP contribution is 2.32. The molecule has 0 amide bonds. The molecule has 0 aliphatic heterocycles. The first kappa shape index (κ1) is 12.7. The molecule has 1 heteroatoms. The van der Waals surface area contributed by atoms with Crippen LogP contribution in [0, 0.1) is 17.8 Å². The molecule has 0 aromatic carbocycles.